The highest BCUT2D eigenvalue weighted by Gasteiger charge is 2.02. The van der Waals surface area contributed by atoms with Gasteiger partial charge in [0.25, 0.3) is 0 Å². The van der Waals surface area contributed by atoms with Gasteiger partial charge in [-0.1, -0.05) is 23.7 Å². The Labute approximate surface area is 112 Å². The molecule has 0 atom stereocenters. The van der Waals surface area contributed by atoms with Gasteiger partial charge in [0, 0.05) is 5.02 Å². The van der Waals surface area contributed by atoms with Crippen LogP contribution in [-0.2, 0) is 24.5 Å². The number of nitrogens with one attached hydrogen (secondary N) is 1. The third kappa shape index (κ3) is 3.88. The largest absolute Gasteiger partial charge is 0.462 e. The van der Waals surface area contributed by atoms with Crippen molar-refractivity contribution in [1.29, 1.82) is 0 Å². The molecular formula is C14H16ClNO2. The fraction of sp³-hybridized carbons (Fsp3) is 0.286. The second kappa shape index (κ2) is 6.59. The van der Waals surface area contributed by atoms with Crippen molar-refractivity contribution in [3.05, 3.63) is 58.5 Å². The smallest absolute Gasteiger partial charge is 0.129 e. The fourth-order valence-electron chi connectivity index (χ4n) is 1.67. The second-order valence-electron chi connectivity index (χ2n) is 4.02. The molecule has 0 bridgehead atoms. The van der Waals surface area contributed by atoms with Gasteiger partial charge < -0.3 is 14.5 Å². The standard InChI is InChI=1S/C14H16ClNO2/c1-16-8-13-5-6-14(18-13)10-17-9-11-3-2-4-12(15)7-11/h2-7,16H,8-10H2,1H3. The third-order valence-electron chi connectivity index (χ3n) is 2.47. The zero-order valence-corrected chi connectivity index (χ0v) is 11.0. The van der Waals surface area contributed by atoms with Crippen molar-refractivity contribution in [3.8, 4) is 0 Å². The van der Waals surface area contributed by atoms with Crippen LogP contribution < -0.4 is 5.32 Å². The lowest BCUT2D eigenvalue weighted by Crippen LogP contribution is -2.03. The molecule has 0 spiro atoms. The van der Waals surface area contributed by atoms with Crippen molar-refractivity contribution in [3.63, 3.8) is 0 Å². The average Bonchev–Trinajstić information content (AvgIpc) is 2.78. The van der Waals surface area contributed by atoms with Gasteiger partial charge in [-0.25, -0.2) is 0 Å². The van der Waals surface area contributed by atoms with E-state index >= 15 is 0 Å². The number of furan rings is 1. The van der Waals surface area contributed by atoms with Gasteiger partial charge >= 0.3 is 0 Å². The van der Waals surface area contributed by atoms with Gasteiger partial charge in [-0.2, -0.15) is 0 Å². The Balaban J connectivity index is 1.81. The maximum Gasteiger partial charge on any atom is 0.129 e. The van der Waals surface area contributed by atoms with Gasteiger partial charge in [0.2, 0.25) is 0 Å². The van der Waals surface area contributed by atoms with Crippen molar-refractivity contribution >= 4 is 11.6 Å². The van der Waals surface area contributed by atoms with Gasteiger partial charge in [0.15, 0.2) is 0 Å². The van der Waals surface area contributed by atoms with Crippen LogP contribution in [0.4, 0.5) is 0 Å². The molecular weight excluding hydrogens is 250 g/mol. The van der Waals surface area contributed by atoms with E-state index in [2.05, 4.69) is 5.32 Å². The van der Waals surface area contributed by atoms with E-state index in [-0.39, 0.29) is 0 Å². The highest BCUT2D eigenvalue weighted by Crippen LogP contribution is 2.13. The molecule has 0 saturated carbocycles. The minimum Gasteiger partial charge on any atom is -0.462 e. The Morgan fingerprint density at radius 1 is 1.17 bits per heavy atom. The summed E-state index contributed by atoms with van der Waals surface area (Å²) in [5.41, 5.74) is 1.06. The van der Waals surface area contributed by atoms with Crippen molar-refractivity contribution in [2.45, 2.75) is 19.8 Å². The molecule has 0 aliphatic rings. The highest BCUT2D eigenvalue weighted by molar-refractivity contribution is 6.30. The van der Waals surface area contributed by atoms with E-state index in [0.717, 1.165) is 28.7 Å². The number of halogens is 1. The van der Waals surface area contributed by atoms with Crippen molar-refractivity contribution in [1.82, 2.24) is 5.32 Å². The molecule has 18 heavy (non-hydrogen) atoms. The van der Waals surface area contributed by atoms with E-state index in [0.29, 0.717) is 13.2 Å². The number of hydrogen-bond donors (Lipinski definition) is 1. The van der Waals surface area contributed by atoms with E-state index in [1.807, 2.05) is 43.4 Å². The van der Waals surface area contributed by atoms with Crippen LogP contribution in [0.15, 0.2) is 40.8 Å². The van der Waals surface area contributed by atoms with Crippen molar-refractivity contribution in [2.75, 3.05) is 7.05 Å². The first kappa shape index (κ1) is 13.1. The summed E-state index contributed by atoms with van der Waals surface area (Å²) in [7, 11) is 1.89. The summed E-state index contributed by atoms with van der Waals surface area (Å²) < 4.78 is 11.2. The molecule has 0 fully saturated rings. The predicted octanol–water partition coefficient (Wildman–Crippen LogP) is 3.37. The summed E-state index contributed by atoms with van der Waals surface area (Å²) in [6, 6.07) is 11.5. The van der Waals surface area contributed by atoms with Crippen LogP contribution in [0.1, 0.15) is 17.1 Å². The first-order valence-electron chi connectivity index (χ1n) is 5.82. The van der Waals surface area contributed by atoms with E-state index < -0.39 is 0 Å². The van der Waals surface area contributed by atoms with Gasteiger partial charge in [-0.05, 0) is 36.9 Å². The van der Waals surface area contributed by atoms with Crippen molar-refractivity contribution < 1.29 is 9.15 Å². The molecule has 0 aliphatic carbocycles. The van der Waals surface area contributed by atoms with E-state index in [4.69, 9.17) is 20.8 Å². The summed E-state index contributed by atoms with van der Waals surface area (Å²) in [6.07, 6.45) is 0. The molecule has 0 amide bonds. The molecule has 1 aromatic heterocycles. The normalized spacial score (nSPS) is 10.8. The molecule has 2 aromatic rings. The second-order valence-corrected chi connectivity index (χ2v) is 4.46. The van der Waals surface area contributed by atoms with Gasteiger partial charge in [0.1, 0.15) is 18.1 Å². The van der Waals surface area contributed by atoms with Crippen LogP contribution in [0, 0.1) is 0 Å². The first-order chi connectivity index (χ1) is 8.78. The molecule has 4 heteroatoms. The SMILES string of the molecule is CNCc1ccc(COCc2cccc(Cl)c2)o1. The molecule has 1 N–H and O–H groups in total. The summed E-state index contributed by atoms with van der Waals surface area (Å²) in [6.45, 7) is 1.73. The van der Waals surface area contributed by atoms with Gasteiger partial charge in [-0.3, -0.25) is 0 Å². The van der Waals surface area contributed by atoms with Crippen LogP contribution in [0.2, 0.25) is 5.02 Å². The molecule has 3 nitrogen and oxygen atoms in total. The van der Waals surface area contributed by atoms with Crippen LogP contribution in [0.5, 0.6) is 0 Å². The molecule has 96 valence electrons. The van der Waals surface area contributed by atoms with Crippen LogP contribution in [-0.4, -0.2) is 7.05 Å². The Hall–Kier alpha value is -1.29. The zero-order valence-electron chi connectivity index (χ0n) is 10.3. The number of hydrogen-bond acceptors (Lipinski definition) is 3. The number of ether oxygens (including phenoxy) is 1. The Kier molecular flexibility index (Phi) is 4.81. The lowest BCUT2D eigenvalue weighted by molar-refractivity contribution is 0.0920. The molecule has 0 aliphatic heterocycles. The zero-order chi connectivity index (χ0) is 12.8. The minimum atomic E-state index is 0.468. The molecule has 0 unspecified atom stereocenters. The van der Waals surface area contributed by atoms with Gasteiger partial charge in [-0.15, -0.1) is 0 Å². The summed E-state index contributed by atoms with van der Waals surface area (Å²) in [4.78, 5) is 0. The maximum absolute atomic E-state index is 5.90. The lowest BCUT2D eigenvalue weighted by atomic mass is 10.2. The Bertz CT molecular complexity index is 496. The molecule has 2 rings (SSSR count). The van der Waals surface area contributed by atoms with E-state index in [1.54, 1.807) is 0 Å². The molecule has 1 heterocycles. The lowest BCUT2D eigenvalue weighted by Gasteiger charge is -2.03. The van der Waals surface area contributed by atoms with E-state index in [1.165, 1.54) is 0 Å². The molecule has 0 radical (unpaired) electrons. The fourth-order valence-corrected chi connectivity index (χ4v) is 1.88. The van der Waals surface area contributed by atoms with Crippen LogP contribution in [0.3, 0.4) is 0 Å². The quantitative estimate of drug-likeness (QED) is 0.870. The van der Waals surface area contributed by atoms with E-state index in [9.17, 15) is 0 Å². The highest BCUT2D eigenvalue weighted by atomic mass is 35.5. The summed E-state index contributed by atoms with van der Waals surface area (Å²) in [5.74, 6) is 1.75. The Morgan fingerprint density at radius 3 is 2.78 bits per heavy atom. The number of rotatable bonds is 6. The average molecular weight is 266 g/mol. The molecule has 0 saturated heterocycles. The van der Waals surface area contributed by atoms with Crippen molar-refractivity contribution in [2.24, 2.45) is 0 Å². The topological polar surface area (TPSA) is 34.4 Å². The predicted molar refractivity (Wildman–Crippen MR) is 71.4 cm³/mol. The minimum absolute atomic E-state index is 0.468. The monoisotopic (exact) mass is 265 g/mol. The number of benzene rings is 1. The van der Waals surface area contributed by atoms with Crippen LogP contribution >= 0.6 is 11.6 Å². The Morgan fingerprint density at radius 2 is 2.00 bits per heavy atom. The summed E-state index contributed by atoms with van der Waals surface area (Å²) in [5, 5.41) is 3.76. The first-order valence-corrected chi connectivity index (χ1v) is 6.20. The molecule has 1 aromatic carbocycles. The van der Waals surface area contributed by atoms with Gasteiger partial charge in [0.05, 0.1) is 13.2 Å². The van der Waals surface area contributed by atoms with Crippen LogP contribution in [0.25, 0.3) is 0 Å². The maximum atomic E-state index is 5.90. The summed E-state index contributed by atoms with van der Waals surface area (Å²) >= 11 is 5.90. The third-order valence-corrected chi connectivity index (χ3v) is 2.71.